The van der Waals surface area contributed by atoms with Gasteiger partial charge in [0.25, 0.3) is 0 Å². The van der Waals surface area contributed by atoms with Crippen LogP contribution in [0.2, 0.25) is 0 Å². The maximum Gasteiger partial charge on any atom is 0.322 e. The van der Waals surface area contributed by atoms with Crippen molar-refractivity contribution in [2.45, 2.75) is 50.2 Å². The summed E-state index contributed by atoms with van der Waals surface area (Å²) in [6, 6.07) is 6.04. The number of guanidine groups is 2. The van der Waals surface area contributed by atoms with Crippen LogP contribution in [0.3, 0.4) is 0 Å². The lowest BCUT2D eigenvalue weighted by molar-refractivity contribution is -0.138. The van der Waals surface area contributed by atoms with Gasteiger partial charge in [0.2, 0.25) is 17.7 Å². The zero-order valence-electron chi connectivity index (χ0n) is 21.1. The largest absolute Gasteiger partial charge is 0.480 e. The van der Waals surface area contributed by atoms with Crippen LogP contribution in [0.1, 0.15) is 31.2 Å². The molecule has 3 unspecified atom stereocenters. The Morgan fingerprint density at radius 2 is 1.29 bits per heavy atom. The fraction of sp³-hybridized carbons (Fsp3) is 0.478. The smallest absolute Gasteiger partial charge is 0.322 e. The van der Waals surface area contributed by atoms with Crippen molar-refractivity contribution in [2.24, 2.45) is 38.7 Å². The minimum atomic E-state index is -1.25. The zero-order chi connectivity index (χ0) is 28.5. The second-order valence-corrected chi connectivity index (χ2v) is 8.43. The first-order valence-corrected chi connectivity index (χ1v) is 12.0. The lowest BCUT2D eigenvalue weighted by Crippen LogP contribution is -2.56. The molecule has 0 saturated heterocycles. The van der Waals surface area contributed by atoms with Crippen molar-refractivity contribution in [3.63, 3.8) is 0 Å². The van der Waals surface area contributed by atoms with E-state index in [-0.39, 0.29) is 44.3 Å². The fourth-order valence-electron chi connectivity index (χ4n) is 3.34. The molecule has 0 fully saturated rings. The number of carbonyl (C=O) groups excluding carboxylic acids is 3. The maximum atomic E-state index is 13.2. The van der Waals surface area contributed by atoms with Crippen LogP contribution < -0.4 is 44.6 Å². The van der Waals surface area contributed by atoms with Crippen molar-refractivity contribution in [1.82, 2.24) is 16.0 Å². The van der Waals surface area contributed by atoms with Crippen molar-refractivity contribution in [1.29, 1.82) is 0 Å². The number of nitrogens with zero attached hydrogens (tertiary/aromatic N) is 2. The molecule has 0 spiro atoms. The van der Waals surface area contributed by atoms with Crippen molar-refractivity contribution >= 4 is 35.6 Å². The third kappa shape index (κ3) is 13.6. The standard InChI is InChI=1S/C23H38N10O5/c24-15(12-14-6-2-1-3-7-14)19(36)32-17(9-5-11-30-23(27)28)21(38)33-16(8-4-10-29-22(25)26)20(37)31-13-18(34)35/h1-3,6-7,15-17H,4-5,8-13,24H2,(H,31,37)(H,32,36)(H,33,38)(H,34,35)(H4,25,26,29)(H4,27,28,30). The van der Waals surface area contributed by atoms with Gasteiger partial charge in [0.05, 0.1) is 6.04 Å². The molecule has 210 valence electrons. The first-order chi connectivity index (χ1) is 18.0. The van der Waals surface area contributed by atoms with E-state index in [1.165, 1.54) is 0 Å². The van der Waals surface area contributed by atoms with Gasteiger partial charge >= 0.3 is 5.97 Å². The van der Waals surface area contributed by atoms with Gasteiger partial charge in [0.1, 0.15) is 18.6 Å². The van der Waals surface area contributed by atoms with Crippen molar-refractivity contribution in [2.75, 3.05) is 19.6 Å². The fourth-order valence-corrected chi connectivity index (χ4v) is 3.34. The molecular weight excluding hydrogens is 496 g/mol. The maximum absolute atomic E-state index is 13.2. The number of carboxylic acid groups (broad SMARTS) is 1. The van der Waals surface area contributed by atoms with Crippen molar-refractivity contribution in [3.05, 3.63) is 35.9 Å². The van der Waals surface area contributed by atoms with Gasteiger partial charge in [-0.25, -0.2) is 0 Å². The van der Waals surface area contributed by atoms with E-state index in [2.05, 4.69) is 25.9 Å². The topological polar surface area (TPSA) is 279 Å². The van der Waals surface area contributed by atoms with Crippen LogP contribution in [-0.4, -0.2) is 78.5 Å². The molecule has 0 bridgehead atoms. The van der Waals surface area contributed by atoms with Gasteiger partial charge in [0.15, 0.2) is 11.9 Å². The van der Waals surface area contributed by atoms with Gasteiger partial charge in [0, 0.05) is 13.1 Å². The van der Waals surface area contributed by atoms with E-state index in [0.29, 0.717) is 12.8 Å². The Labute approximate surface area is 220 Å². The minimum absolute atomic E-state index is 0.107. The van der Waals surface area contributed by atoms with Gasteiger partial charge in [-0.2, -0.15) is 0 Å². The molecular formula is C23H38N10O5. The molecule has 1 aromatic carbocycles. The molecule has 3 amide bonds. The average molecular weight is 535 g/mol. The first kappa shape index (κ1) is 31.6. The summed E-state index contributed by atoms with van der Waals surface area (Å²) in [5.41, 5.74) is 28.2. The molecule has 0 saturated carbocycles. The Kier molecular flexibility index (Phi) is 14.3. The quantitative estimate of drug-likeness (QED) is 0.0549. The van der Waals surface area contributed by atoms with Gasteiger partial charge < -0.3 is 49.7 Å². The molecule has 1 aromatic rings. The van der Waals surface area contributed by atoms with E-state index in [1.807, 2.05) is 30.3 Å². The summed E-state index contributed by atoms with van der Waals surface area (Å²) in [6.45, 7) is -0.237. The number of amides is 3. The monoisotopic (exact) mass is 534 g/mol. The number of hydrogen-bond donors (Lipinski definition) is 9. The molecule has 1 rings (SSSR count). The van der Waals surface area contributed by atoms with E-state index in [9.17, 15) is 19.2 Å². The Bertz CT molecular complexity index is 978. The molecule has 0 heterocycles. The summed E-state index contributed by atoms with van der Waals surface area (Å²) < 4.78 is 0. The van der Waals surface area contributed by atoms with Crippen molar-refractivity contribution in [3.8, 4) is 0 Å². The Morgan fingerprint density at radius 3 is 1.79 bits per heavy atom. The number of carbonyl (C=O) groups is 4. The Hall–Kier alpha value is -4.40. The van der Waals surface area contributed by atoms with Gasteiger partial charge in [-0.05, 0) is 37.7 Å². The first-order valence-electron chi connectivity index (χ1n) is 12.0. The predicted molar refractivity (Wildman–Crippen MR) is 142 cm³/mol. The summed E-state index contributed by atoms with van der Waals surface area (Å²) in [7, 11) is 0. The summed E-state index contributed by atoms with van der Waals surface area (Å²) in [6.07, 6.45) is 1.15. The summed E-state index contributed by atoms with van der Waals surface area (Å²) in [5, 5.41) is 16.3. The van der Waals surface area contributed by atoms with Crippen LogP contribution in [-0.2, 0) is 25.6 Å². The van der Waals surface area contributed by atoms with Crippen LogP contribution in [0.4, 0.5) is 0 Å². The van der Waals surface area contributed by atoms with Gasteiger partial charge in [-0.15, -0.1) is 0 Å². The summed E-state index contributed by atoms with van der Waals surface area (Å²) in [4.78, 5) is 57.1. The number of rotatable bonds is 17. The third-order valence-corrected chi connectivity index (χ3v) is 5.21. The van der Waals surface area contributed by atoms with Crippen molar-refractivity contribution < 1.29 is 24.3 Å². The van der Waals surface area contributed by atoms with E-state index in [1.54, 1.807) is 0 Å². The minimum Gasteiger partial charge on any atom is -0.480 e. The summed E-state index contributed by atoms with van der Waals surface area (Å²) >= 11 is 0. The molecule has 0 aromatic heterocycles. The lowest BCUT2D eigenvalue weighted by Gasteiger charge is -2.24. The third-order valence-electron chi connectivity index (χ3n) is 5.21. The highest BCUT2D eigenvalue weighted by atomic mass is 16.4. The highest BCUT2D eigenvalue weighted by Gasteiger charge is 2.28. The molecule has 0 aliphatic heterocycles. The highest BCUT2D eigenvalue weighted by molar-refractivity contribution is 5.93. The van der Waals surface area contributed by atoms with Crippen LogP contribution >= 0.6 is 0 Å². The predicted octanol–water partition coefficient (Wildman–Crippen LogP) is -3.17. The second-order valence-electron chi connectivity index (χ2n) is 8.43. The van der Waals surface area contributed by atoms with Crippen LogP contribution in [0.5, 0.6) is 0 Å². The number of hydrogen-bond acceptors (Lipinski definition) is 7. The average Bonchev–Trinajstić information content (AvgIpc) is 2.86. The van der Waals surface area contributed by atoms with E-state index in [0.717, 1.165) is 5.56 Å². The molecule has 3 atom stereocenters. The molecule has 0 radical (unpaired) electrons. The number of nitrogens with one attached hydrogen (secondary N) is 3. The SMILES string of the molecule is NC(N)=NCCCC(NC(=O)C(N)Cc1ccccc1)C(=O)NC(CCCN=C(N)N)C(=O)NCC(=O)O. The molecule has 0 aliphatic rings. The summed E-state index contributed by atoms with van der Waals surface area (Å²) in [5.74, 6) is -3.42. The van der Waals surface area contributed by atoms with Crippen LogP contribution in [0.25, 0.3) is 0 Å². The molecule has 38 heavy (non-hydrogen) atoms. The zero-order valence-corrected chi connectivity index (χ0v) is 21.1. The van der Waals surface area contributed by atoms with E-state index < -0.39 is 48.4 Å². The number of carboxylic acids is 1. The molecule has 15 nitrogen and oxygen atoms in total. The second kappa shape index (κ2) is 17.1. The van der Waals surface area contributed by atoms with Gasteiger partial charge in [-0.1, -0.05) is 30.3 Å². The van der Waals surface area contributed by atoms with Gasteiger partial charge in [-0.3, -0.25) is 29.2 Å². The van der Waals surface area contributed by atoms with E-state index >= 15 is 0 Å². The lowest BCUT2D eigenvalue weighted by atomic mass is 10.0. The number of benzene rings is 1. The number of nitrogens with two attached hydrogens (primary N) is 5. The molecule has 0 aliphatic carbocycles. The van der Waals surface area contributed by atoms with E-state index in [4.69, 9.17) is 33.8 Å². The highest BCUT2D eigenvalue weighted by Crippen LogP contribution is 2.06. The van der Waals surface area contributed by atoms with Crippen LogP contribution in [0.15, 0.2) is 40.3 Å². The number of aliphatic carboxylic acids is 1. The molecule has 14 N–H and O–H groups in total. The Balaban J connectivity index is 2.96. The number of aliphatic imine (C=N–C) groups is 2. The normalized spacial score (nSPS) is 12.8. The molecule has 15 heteroatoms. The Morgan fingerprint density at radius 1 is 0.789 bits per heavy atom. The van der Waals surface area contributed by atoms with Crippen LogP contribution in [0, 0.1) is 0 Å².